The summed E-state index contributed by atoms with van der Waals surface area (Å²) in [5.41, 5.74) is 3.40. The molecule has 2 N–H and O–H groups in total. The molecule has 1 saturated heterocycles. The Bertz CT molecular complexity index is 1340. The lowest BCUT2D eigenvalue weighted by atomic mass is 10.0. The van der Waals surface area contributed by atoms with Gasteiger partial charge in [0.2, 0.25) is 5.78 Å². The molecule has 3 aromatic heterocycles. The summed E-state index contributed by atoms with van der Waals surface area (Å²) in [4.78, 5) is 33.1. The maximum Gasteiger partial charge on any atom is 0.316 e. The minimum Gasteiger partial charge on any atom is -0.467 e. The van der Waals surface area contributed by atoms with Crippen molar-refractivity contribution in [1.29, 1.82) is 0 Å². The number of hydrogen-bond acceptors (Lipinski definition) is 8. The Hall–Kier alpha value is -3.79. The highest BCUT2D eigenvalue weighted by atomic mass is 16.5. The van der Waals surface area contributed by atoms with Crippen LogP contribution in [0.15, 0.2) is 36.9 Å². The number of aryl methyl sites for hydroxylation is 1. The Labute approximate surface area is 191 Å². The molecule has 0 unspecified atom stereocenters. The van der Waals surface area contributed by atoms with E-state index >= 15 is 0 Å². The van der Waals surface area contributed by atoms with Crippen molar-refractivity contribution in [1.82, 2.24) is 29.7 Å². The predicted octanol–water partition coefficient (Wildman–Crippen LogP) is 2.43. The van der Waals surface area contributed by atoms with E-state index in [0.717, 1.165) is 29.9 Å². The molecule has 0 radical (unpaired) electrons. The van der Waals surface area contributed by atoms with E-state index in [1.54, 1.807) is 23.0 Å². The number of piperazine rings is 1. The van der Waals surface area contributed by atoms with Gasteiger partial charge in [-0.3, -0.25) is 9.20 Å². The molecule has 0 bridgehead atoms. The minimum absolute atomic E-state index is 0.215. The number of amides is 1. The van der Waals surface area contributed by atoms with Gasteiger partial charge in [0.05, 0.1) is 35.8 Å². The molecule has 4 heterocycles. The van der Waals surface area contributed by atoms with Crippen LogP contribution in [-0.2, 0) is 0 Å². The maximum atomic E-state index is 13.3. The molecule has 0 aliphatic carbocycles. The second kappa shape index (κ2) is 8.28. The van der Waals surface area contributed by atoms with Gasteiger partial charge in [0.25, 0.3) is 5.91 Å². The lowest BCUT2D eigenvalue weighted by Crippen LogP contribution is -2.54. The summed E-state index contributed by atoms with van der Waals surface area (Å²) in [6.45, 7) is 7.94. The van der Waals surface area contributed by atoms with E-state index in [4.69, 9.17) is 4.74 Å². The van der Waals surface area contributed by atoms with Crippen LogP contribution in [0.2, 0.25) is 0 Å². The Balaban J connectivity index is 1.53. The van der Waals surface area contributed by atoms with Crippen LogP contribution in [0, 0.1) is 6.92 Å². The topological polar surface area (TPSA) is 110 Å². The van der Waals surface area contributed by atoms with E-state index < -0.39 is 0 Å². The first kappa shape index (κ1) is 21.1. The van der Waals surface area contributed by atoms with E-state index in [1.807, 2.05) is 25.3 Å². The average Bonchev–Trinajstić information content (AvgIpc) is 3.16. The molecule has 4 aromatic rings. The van der Waals surface area contributed by atoms with Crippen LogP contribution < -0.4 is 20.3 Å². The summed E-state index contributed by atoms with van der Waals surface area (Å²) in [6.07, 6.45) is 6.97. The van der Waals surface area contributed by atoms with Gasteiger partial charge in [-0.15, -0.1) is 0 Å². The van der Waals surface area contributed by atoms with Crippen LogP contribution in [0.1, 0.15) is 29.9 Å². The first-order chi connectivity index (χ1) is 15.9. The molecule has 33 heavy (non-hydrogen) atoms. The van der Waals surface area contributed by atoms with Crippen LogP contribution in [0.25, 0.3) is 16.7 Å². The molecule has 0 saturated carbocycles. The number of ether oxygens (including phenoxy) is 1. The van der Waals surface area contributed by atoms with Crippen LogP contribution in [0.3, 0.4) is 0 Å². The second-order valence-electron chi connectivity index (χ2n) is 8.51. The number of fused-ring (bicyclic) bond motifs is 2. The van der Waals surface area contributed by atoms with Gasteiger partial charge in [-0.05, 0) is 32.9 Å². The molecule has 1 aliphatic rings. The standard InChI is InChI=1S/C23H26N8O2/c1-13-9-30(10-14(2)26-13)19-6-5-17(20-18(19)8-25-23(29-20)33-4)21(32)28-16-7-24-22-27-15(3)11-31(22)12-16/h5-8,11-14,26H,9-10H2,1-4H3,(H,28,32)/t13-,14+. The zero-order chi connectivity index (χ0) is 23.1. The Morgan fingerprint density at radius 1 is 1.12 bits per heavy atom. The summed E-state index contributed by atoms with van der Waals surface area (Å²) in [6, 6.07) is 4.69. The van der Waals surface area contributed by atoms with E-state index in [1.165, 1.54) is 7.11 Å². The number of anilines is 2. The number of rotatable bonds is 4. The summed E-state index contributed by atoms with van der Waals surface area (Å²) >= 11 is 0. The fraction of sp³-hybridized carbons (Fsp3) is 0.348. The van der Waals surface area contributed by atoms with E-state index in [9.17, 15) is 4.79 Å². The molecule has 10 nitrogen and oxygen atoms in total. The van der Waals surface area contributed by atoms with Crippen LogP contribution in [0.5, 0.6) is 6.01 Å². The van der Waals surface area contributed by atoms with Gasteiger partial charge in [-0.2, -0.15) is 4.98 Å². The summed E-state index contributed by atoms with van der Waals surface area (Å²) < 4.78 is 7.03. The molecule has 10 heteroatoms. The molecule has 5 rings (SSSR count). The average molecular weight is 447 g/mol. The maximum absolute atomic E-state index is 13.3. The molecular formula is C23H26N8O2. The number of methoxy groups -OCH3 is 1. The van der Waals surface area contributed by atoms with Gasteiger partial charge < -0.3 is 20.3 Å². The number of benzene rings is 1. The number of nitrogens with one attached hydrogen (secondary N) is 2. The number of aromatic nitrogens is 5. The van der Waals surface area contributed by atoms with Gasteiger partial charge in [-0.1, -0.05) is 0 Å². The molecule has 2 atom stereocenters. The molecule has 0 spiro atoms. The Morgan fingerprint density at radius 3 is 2.67 bits per heavy atom. The number of imidazole rings is 1. The quantitative estimate of drug-likeness (QED) is 0.492. The van der Waals surface area contributed by atoms with Crippen molar-refractivity contribution in [2.24, 2.45) is 0 Å². The highest BCUT2D eigenvalue weighted by Crippen LogP contribution is 2.31. The first-order valence-corrected chi connectivity index (χ1v) is 10.9. The molecular weight excluding hydrogens is 420 g/mol. The van der Waals surface area contributed by atoms with Crippen molar-refractivity contribution in [3.8, 4) is 6.01 Å². The fourth-order valence-electron chi connectivity index (χ4n) is 4.44. The highest BCUT2D eigenvalue weighted by molar-refractivity contribution is 6.13. The van der Waals surface area contributed by atoms with Gasteiger partial charge in [0.15, 0.2) is 0 Å². The van der Waals surface area contributed by atoms with Gasteiger partial charge in [0, 0.05) is 54.8 Å². The molecule has 1 fully saturated rings. The lowest BCUT2D eigenvalue weighted by Gasteiger charge is -2.38. The SMILES string of the molecule is COc1ncc2c(N3C[C@@H](C)N[C@@H](C)C3)ccc(C(=O)Nc3cnc4nc(C)cn4c3)c2n1. The van der Waals surface area contributed by atoms with Gasteiger partial charge >= 0.3 is 6.01 Å². The third-order valence-corrected chi connectivity index (χ3v) is 5.72. The molecule has 1 aromatic carbocycles. The van der Waals surface area contributed by atoms with Crippen molar-refractivity contribution in [2.75, 3.05) is 30.4 Å². The molecule has 1 aliphatic heterocycles. The predicted molar refractivity (Wildman–Crippen MR) is 126 cm³/mol. The van der Waals surface area contributed by atoms with Gasteiger partial charge in [0.1, 0.15) is 0 Å². The van der Waals surface area contributed by atoms with Crippen LogP contribution >= 0.6 is 0 Å². The van der Waals surface area contributed by atoms with E-state index in [2.05, 4.69) is 49.3 Å². The first-order valence-electron chi connectivity index (χ1n) is 10.9. The largest absolute Gasteiger partial charge is 0.467 e. The molecule has 170 valence electrons. The normalized spacial score (nSPS) is 18.6. The zero-order valence-corrected chi connectivity index (χ0v) is 19.0. The fourth-order valence-corrected chi connectivity index (χ4v) is 4.44. The van der Waals surface area contributed by atoms with E-state index in [-0.39, 0.29) is 11.9 Å². The Kier molecular flexibility index (Phi) is 5.29. The van der Waals surface area contributed by atoms with Crippen molar-refractivity contribution < 1.29 is 9.53 Å². The number of nitrogens with zero attached hydrogens (tertiary/aromatic N) is 6. The third-order valence-electron chi connectivity index (χ3n) is 5.72. The minimum atomic E-state index is -0.285. The van der Waals surface area contributed by atoms with Crippen molar-refractivity contribution in [3.63, 3.8) is 0 Å². The smallest absolute Gasteiger partial charge is 0.316 e. The molecule has 1 amide bonds. The monoisotopic (exact) mass is 446 g/mol. The number of hydrogen-bond donors (Lipinski definition) is 2. The number of carbonyl (C=O) groups is 1. The lowest BCUT2D eigenvalue weighted by molar-refractivity contribution is 0.102. The van der Waals surface area contributed by atoms with Crippen molar-refractivity contribution >= 4 is 34.0 Å². The zero-order valence-electron chi connectivity index (χ0n) is 19.0. The van der Waals surface area contributed by atoms with Gasteiger partial charge in [-0.25, -0.2) is 15.0 Å². The highest BCUT2D eigenvalue weighted by Gasteiger charge is 2.24. The summed E-state index contributed by atoms with van der Waals surface area (Å²) in [7, 11) is 1.51. The van der Waals surface area contributed by atoms with Crippen molar-refractivity contribution in [3.05, 3.63) is 48.2 Å². The summed E-state index contributed by atoms with van der Waals surface area (Å²) in [5.74, 6) is 0.296. The van der Waals surface area contributed by atoms with Crippen molar-refractivity contribution in [2.45, 2.75) is 32.9 Å². The third kappa shape index (κ3) is 4.05. The second-order valence-corrected chi connectivity index (χ2v) is 8.51. The van der Waals surface area contributed by atoms with Crippen LogP contribution in [-0.4, -0.2) is 62.5 Å². The van der Waals surface area contributed by atoms with E-state index in [0.29, 0.717) is 34.6 Å². The Morgan fingerprint density at radius 2 is 1.91 bits per heavy atom. The summed E-state index contributed by atoms with van der Waals surface area (Å²) in [5, 5.41) is 7.28. The number of carbonyl (C=O) groups excluding carboxylic acids is 1. The van der Waals surface area contributed by atoms with Crippen LogP contribution in [0.4, 0.5) is 11.4 Å².